The van der Waals surface area contributed by atoms with E-state index in [1.54, 1.807) is 4.90 Å². The van der Waals surface area contributed by atoms with E-state index in [-0.39, 0.29) is 12.1 Å². The summed E-state index contributed by atoms with van der Waals surface area (Å²) in [5.41, 5.74) is 0. The Kier molecular flexibility index (Phi) is 4.19. The highest BCUT2D eigenvalue weighted by molar-refractivity contribution is 7.15. The number of carbonyl (C=O) groups excluding carboxylic acids is 1. The van der Waals surface area contributed by atoms with Gasteiger partial charge in [-0.05, 0) is 18.8 Å². The fraction of sp³-hybridized carbons (Fsp3) is 0.667. The van der Waals surface area contributed by atoms with Gasteiger partial charge in [-0.1, -0.05) is 13.8 Å². The van der Waals surface area contributed by atoms with Crippen molar-refractivity contribution in [1.82, 2.24) is 9.88 Å². The molecule has 1 aliphatic heterocycles. The number of aliphatic hydroxyl groups is 1. The van der Waals surface area contributed by atoms with Crippen molar-refractivity contribution in [3.63, 3.8) is 0 Å². The van der Waals surface area contributed by atoms with Crippen LogP contribution >= 0.6 is 11.3 Å². The lowest BCUT2D eigenvalue weighted by atomic mass is 10.1. The van der Waals surface area contributed by atoms with Crippen LogP contribution in [0.5, 0.6) is 0 Å². The zero-order valence-electron chi connectivity index (χ0n) is 10.7. The highest BCUT2D eigenvalue weighted by atomic mass is 32.1. The molecule has 1 aromatic heterocycles. The lowest BCUT2D eigenvalue weighted by Gasteiger charge is -2.29. The number of aromatic nitrogens is 1. The molecule has 2 amide bonds. The Morgan fingerprint density at radius 1 is 1.56 bits per heavy atom. The Bertz CT molecular complexity index is 411. The monoisotopic (exact) mass is 269 g/mol. The highest BCUT2D eigenvalue weighted by Crippen LogP contribution is 2.25. The molecule has 0 unspecified atom stereocenters. The number of carbonyl (C=O) groups is 1. The van der Waals surface area contributed by atoms with Gasteiger partial charge in [-0.2, -0.15) is 0 Å². The number of likely N-dealkylation sites (tertiary alicyclic amines) is 1. The van der Waals surface area contributed by atoms with Crippen molar-refractivity contribution in [3.8, 4) is 0 Å². The Balaban J connectivity index is 1.90. The van der Waals surface area contributed by atoms with Gasteiger partial charge in [-0.3, -0.25) is 5.32 Å². The first-order valence-corrected chi connectivity index (χ1v) is 7.07. The van der Waals surface area contributed by atoms with Crippen molar-refractivity contribution >= 4 is 22.5 Å². The summed E-state index contributed by atoms with van der Waals surface area (Å²) < 4.78 is 0. The summed E-state index contributed by atoms with van der Waals surface area (Å²) in [4.78, 5) is 19.0. The van der Waals surface area contributed by atoms with Gasteiger partial charge in [0.05, 0.1) is 6.10 Å². The molecule has 0 aromatic carbocycles. The average molecular weight is 269 g/mol. The first kappa shape index (κ1) is 13.3. The minimum absolute atomic E-state index is 0.119. The zero-order chi connectivity index (χ0) is 13.1. The smallest absolute Gasteiger partial charge is 0.323 e. The molecule has 0 radical (unpaired) electrons. The van der Waals surface area contributed by atoms with Crippen LogP contribution in [0.15, 0.2) is 6.20 Å². The quantitative estimate of drug-likeness (QED) is 0.865. The summed E-state index contributed by atoms with van der Waals surface area (Å²) in [7, 11) is 0. The van der Waals surface area contributed by atoms with Gasteiger partial charge in [0.15, 0.2) is 5.13 Å². The number of thiazole rings is 1. The van der Waals surface area contributed by atoms with Gasteiger partial charge >= 0.3 is 6.03 Å². The Morgan fingerprint density at radius 3 is 2.78 bits per heavy atom. The summed E-state index contributed by atoms with van der Waals surface area (Å²) in [5, 5.41) is 12.9. The largest absolute Gasteiger partial charge is 0.393 e. The first-order chi connectivity index (χ1) is 8.56. The summed E-state index contributed by atoms with van der Waals surface area (Å²) in [6, 6.07) is -0.119. The minimum Gasteiger partial charge on any atom is -0.393 e. The van der Waals surface area contributed by atoms with E-state index < -0.39 is 0 Å². The van der Waals surface area contributed by atoms with Crippen LogP contribution in [-0.2, 0) is 0 Å². The molecule has 0 bridgehead atoms. The van der Waals surface area contributed by atoms with Crippen molar-refractivity contribution in [1.29, 1.82) is 0 Å². The van der Waals surface area contributed by atoms with Crippen molar-refractivity contribution in [2.45, 2.75) is 38.7 Å². The van der Waals surface area contributed by atoms with Crippen molar-refractivity contribution in [2.75, 3.05) is 18.4 Å². The number of hydrogen-bond acceptors (Lipinski definition) is 4. The summed E-state index contributed by atoms with van der Waals surface area (Å²) in [6.45, 7) is 5.42. The maximum atomic E-state index is 12.0. The molecule has 18 heavy (non-hydrogen) atoms. The van der Waals surface area contributed by atoms with Crippen LogP contribution in [0.4, 0.5) is 9.93 Å². The maximum absolute atomic E-state index is 12.0. The number of nitrogens with zero attached hydrogens (tertiary/aromatic N) is 2. The second-order valence-electron chi connectivity index (χ2n) is 4.87. The third-order valence-corrected chi connectivity index (χ3v) is 4.27. The van der Waals surface area contributed by atoms with Crippen LogP contribution in [0.3, 0.4) is 0 Å². The lowest BCUT2D eigenvalue weighted by molar-refractivity contribution is 0.0972. The van der Waals surface area contributed by atoms with Gasteiger partial charge in [0.1, 0.15) is 0 Å². The molecule has 0 saturated carbocycles. The maximum Gasteiger partial charge on any atom is 0.323 e. The van der Waals surface area contributed by atoms with Crippen LogP contribution < -0.4 is 5.32 Å². The predicted molar refractivity (Wildman–Crippen MR) is 72.0 cm³/mol. The molecule has 6 heteroatoms. The van der Waals surface area contributed by atoms with Crippen LogP contribution in [0.1, 0.15) is 37.5 Å². The van der Waals surface area contributed by atoms with Gasteiger partial charge in [0.25, 0.3) is 0 Å². The first-order valence-electron chi connectivity index (χ1n) is 6.26. The van der Waals surface area contributed by atoms with E-state index in [2.05, 4.69) is 24.1 Å². The van der Waals surface area contributed by atoms with E-state index in [0.717, 1.165) is 0 Å². The number of urea groups is 1. The van der Waals surface area contributed by atoms with Crippen LogP contribution in [0, 0.1) is 0 Å². The molecule has 5 nitrogen and oxygen atoms in total. The normalized spacial score (nSPS) is 17.2. The fourth-order valence-corrected chi connectivity index (χ4v) is 2.66. The number of piperidine rings is 1. The average Bonchev–Trinajstić information content (AvgIpc) is 2.78. The molecule has 100 valence electrons. The van der Waals surface area contributed by atoms with Crippen molar-refractivity contribution < 1.29 is 9.90 Å². The van der Waals surface area contributed by atoms with Gasteiger partial charge in [0.2, 0.25) is 0 Å². The lowest BCUT2D eigenvalue weighted by Crippen LogP contribution is -2.42. The van der Waals surface area contributed by atoms with E-state index in [1.807, 2.05) is 6.20 Å². The summed E-state index contributed by atoms with van der Waals surface area (Å²) in [6.07, 6.45) is 2.86. The molecule has 2 heterocycles. The molecule has 1 aliphatic rings. The molecule has 0 atom stereocenters. The van der Waals surface area contributed by atoms with E-state index in [1.165, 1.54) is 16.2 Å². The topological polar surface area (TPSA) is 65.5 Å². The summed E-state index contributed by atoms with van der Waals surface area (Å²) >= 11 is 1.51. The van der Waals surface area contributed by atoms with Crippen molar-refractivity contribution in [2.24, 2.45) is 0 Å². The molecular formula is C12H19N3O2S. The molecule has 2 rings (SSSR count). The Labute approximate surface area is 111 Å². The molecule has 1 aromatic rings. The Hall–Kier alpha value is -1.14. The molecule has 0 spiro atoms. The van der Waals surface area contributed by atoms with E-state index in [4.69, 9.17) is 0 Å². The fourth-order valence-electron chi connectivity index (χ4n) is 1.85. The second-order valence-corrected chi connectivity index (χ2v) is 5.93. The number of amides is 2. The Morgan fingerprint density at radius 2 is 2.22 bits per heavy atom. The van der Waals surface area contributed by atoms with Gasteiger partial charge in [-0.25, -0.2) is 9.78 Å². The van der Waals surface area contributed by atoms with E-state index in [0.29, 0.717) is 37.0 Å². The molecule has 1 fully saturated rings. The van der Waals surface area contributed by atoms with Crippen LogP contribution in [0.25, 0.3) is 0 Å². The van der Waals surface area contributed by atoms with Crippen LogP contribution in [0.2, 0.25) is 0 Å². The predicted octanol–water partition coefficient (Wildman–Crippen LogP) is 2.26. The number of nitrogens with one attached hydrogen (secondary N) is 1. The van der Waals surface area contributed by atoms with Crippen molar-refractivity contribution in [3.05, 3.63) is 11.1 Å². The molecule has 1 saturated heterocycles. The molecular weight excluding hydrogens is 250 g/mol. The van der Waals surface area contributed by atoms with Gasteiger partial charge in [0, 0.05) is 24.2 Å². The standard InChI is InChI=1S/C12H19N3O2S/c1-8(2)10-7-13-11(18-10)14-12(17)15-5-3-9(16)4-6-15/h7-9,16H,3-6H2,1-2H3,(H,13,14,17). The minimum atomic E-state index is -0.263. The number of rotatable bonds is 2. The van der Waals surface area contributed by atoms with E-state index >= 15 is 0 Å². The van der Waals surface area contributed by atoms with Gasteiger partial charge in [-0.15, -0.1) is 11.3 Å². The molecule has 2 N–H and O–H groups in total. The highest BCUT2D eigenvalue weighted by Gasteiger charge is 2.21. The molecule has 0 aliphatic carbocycles. The third kappa shape index (κ3) is 3.20. The van der Waals surface area contributed by atoms with E-state index in [9.17, 15) is 9.90 Å². The van der Waals surface area contributed by atoms with Gasteiger partial charge < -0.3 is 10.0 Å². The SMILES string of the molecule is CC(C)c1cnc(NC(=O)N2CCC(O)CC2)s1. The second kappa shape index (κ2) is 5.67. The zero-order valence-corrected chi connectivity index (χ0v) is 11.5. The summed E-state index contributed by atoms with van der Waals surface area (Å²) in [5.74, 6) is 0.429. The number of hydrogen-bond donors (Lipinski definition) is 2. The number of anilines is 1. The third-order valence-electron chi connectivity index (χ3n) is 3.06. The van der Waals surface area contributed by atoms with Crippen LogP contribution in [-0.4, -0.2) is 40.2 Å². The number of aliphatic hydroxyl groups excluding tert-OH is 1.